The molecule has 6 heteroatoms. The number of nitrogens with one attached hydrogen (secondary N) is 1. The Bertz CT molecular complexity index is 684. The lowest BCUT2D eigenvalue weighted by Crippen LogP contribution is -2.39. The molecule has 1 aromatic heterocycles. The third kappa shape index (κ3) is 5.17. The number of hydrogen-bond acceptors (Lipinski definition) is 3. The van der Waals surface area contributed by atoms with Crippen LogP contribution in [0.4, 0.5) is 0 Å². The van der Waals surface area contributed by atoms with E-state index in [2.05, 4.69) is 69.8 Å². The lowest BCUT2D eigenvalue weighted by Gasteiger charge is -2.21. The van der Waals surface area contributed by atoms with Gasteiger partial charge in [-0.3, -0.25) is 4.99 Å². The molecular weight excluding hydrogens is 443 g/mol. The molecule has 1 aromatic carbocycles. The molecule has 0 radical (unpaired) electrons. The first-order chi connectivity index (χ1) is 11.7. The van der Waals surface area contributed by atoms with Crippen LogP contribution in [0.2, 0.25) is 0 Å². The zero-order valence-electron chi connectivity index (χ0n) is 15.1. The standard InChI is InChI=1S/C19H26N4S.HI/c1-14(2)18-22-17(13-24-18)11-21-19(20-3)23-10-9-16(12-23)15-7-5-4-6-8-15;/h4-8,13-14,16H,9-12H2,1-3H3,(H,20,21);1H. The molecular formula is C19H27IN4S. The van der Waals surface area contributed by atoms with Gasteiger partial charge in [-0.25, -0.2) is 4.98 Å². The fraction of sp³-hybridized carbons (Fsp3) is 0.474. The maximum absolute atomic E-state index is 4.69. The molecule has 25 heavy (non-hydrogen) atoms. The molecule has 0 saturated carbocycles. The Labute approximate surface area is 171 Å². The van der Waals surface area contributed by atoms with Gasteiger partial charge in [-0.05, 0) is 12.0 Å². The van der Waals surface area contributed by atoms with Crippen molar-refractivity contribution in [3.63, 3.8) is 0 Å². The van der Waals surface area contributed by atoms with Crippen LogP contribution in [0, 0.1) is 0 Å². The molecule has 136 valence electrons. The average Bonchev–Trinajstić information content (AvgIpc) is 3.26. The number of halogens is 1. The normalized spacial score (nSPS) is 17.7. The minimum atomic E-state index is 0. The number of guanidine groups is 1. The van der Waals surface area contributed by atoms with Crippen LogP contribution in [0.1, 0.15) is 48.4 Å². The van der Waals surface area contributed by atoms with Crippen LogP contribution >= 0.6 is 35.3 Å². The largest absolute Gasteiger partial charge is 0.351 e. The highest BCUT2D eigenvalue weighted by Gasteiger charge is 2.25. The highest BCUT2D eigenvalue weighted by Crippen LogP contribution is 2.27. The van der Waals surface area contributed by atoms with Crippen LogP contribution in [0.15, 0.2) is 40.7 Å². The van der Waals surface area contributed by atoms with Crippen LogP contribution in [0.3, 0.4) is 0 Å². The van der Waals surface area contributed by atoms with Gasteiger partial charge in [-0.15, -0.1) is 35.3 Å². The topological polar surface area (TPSA) is 40.5 Å². The minimum Gasteiger partial charge on any atom is -0.351 e. The third-order valence-electron chi connectivity index (χ3n) is 4.46. The summed E-state index contributed by atoms with van der Waals surface area (Å²) in [6.07, 6.45) is 1.18. The van der Waals surface area contributed by atoms with E-state index in [0.717, 1.165) is 31.3 Å². The molecule has 1 fully saturated rings. The predicted octanol–water partition coefficient (Wildman–Crippen LogP) is 4.45. The van der Waals surface area contributed by atoms with Gasteiger partial charge in [0.05, 0.1) is 17.2 Å². The highest BCUT2D eigenvalue weighted by molar-refractivity contribution is 14.0. The van der Waals surface area contributed by atoms with E-state index >= 15 is 0 Å². The van der Waals surface area contributed by atoms with Crippen molar-refractivity contribution in [1.29, 1.82) is 0 Å². The summed E-state index contributed by atoms with van der Waals surface area (Å²) in [6.45, 7) is 7.18. The molecule has 1 aliphatic rings. The molecule has 1 N–H and O–H groups in total. The first kappa shape index (κ1) is 20.2. The molecule has 1 saturated heterocycles. The molecule has 1 atom stereocenters. The summed E-state index contributed by atoms with van der Waals surface area (Å²) in [7, 11) is 1.86. The number of hydrogen-bond donors (Lipinski definition) is 1. The second kappa shape index (κ2) is 9.52. The summed E-state index contributed by atoms with van der Waals surface area (Å²) in [4.78, 5) is 11.5. The van der Waals surface area contributed by atoms with Crippen LogP contribution < -0.4 is 5.32 Å². The van der Waals surface area contributed by atoms with E-state index < -0.39 is 0 Å². The van der Waals surface area contributed by atoms with E-state index in [-0.39, 0.29) is 24.0 Å². The molecule has 0 amide bonds. The van der Waals surface area contributed by atoms with Gasteiger partial charge in [0, 0.05) is 37.4 Å². The van der Waals surface area contributed by atoms with E-state index in [1.165, 1.54) is 17.0 Å². The number of nitrogens with zero attached hydrogens (tertiary/aromatic N) is 3. The SMILES string of the molecule is CN=C(NCc1csc(C(C)C)n1)N1CCC(c2ccccc2)C1.I. The van der Waals surface area contributed by atoms with Crippen molar-refractivity contribution in [2.24, 2.45) is 4.99 Å². The van der Waals surface area contributed by atoms with Crippen molar-refractivity contribution in [3.8, 4) is 0 Å². The van der Waals surface area contributed by atoms with Gasteiger partial charge in [-0.1, -0.05) is 44.2 Å². The number of thiazole rings is 1. The van der Waals surface area contributed by atoms with E-state index in [9.17, 15) is 0 Å². The fourth-order valence-electron chi connectivity index (χ4n) is 3.12. The Hall–Kier alpha value is -1.15. The second-order valence-electron chi connectivity index (χ2n) is 6.57. The Balaban J connectivity index is 0.00000225. The summed E-state index contributed by atoms with van der Waals surface area (Å²) in [5, 5.41) is 6.82. The van der Waals surface area contributed by atoms with E-state index in [4.69, 9.17) is 0 Å². The van der Waals surface area contributed by atoms with Crippen LogP contribution in [0.5, 0.6) is 0 Å². The maximum Gasteiger partial charge on any atom is 0.193 e. The lowest BCUT2D eigenvalue weighted by molar-refractivity contribution is 0.485. The number of aliphatic imine (C=N–C) groups is 1. The predicted molar refractivity (Wildman–Crippen MR) is 117 cm³/mol. The van der Waals surface area contributed by atoms with Gasteiger partial charge in [0.25, 0.3) is 0 Å². The molecule has 0 bridgehead atoms. The van der Waals surface area contributed by atoms with Crippen molar-refractivity contribution in [2.75, 3.05) is 20.1 Å². The fourth-order valence-corrected chi connectivity index (χ4v) is 3.96. The van der Waals surface area contributed by atoms with Crippen molar-refractivity contribution in [1.82, 2.24) is 15.2 Å². The van der Waals surface area contributed by atoms with Gasteiger partial charge < -0.3 is 10.2 Å². The summed E-state index contributed by atoms with van der Waals surface area (Å²) >= 11 is 1.74. The minimum absolute atomic E-state index is 0. The van der Waals surface area contributed by atoms with Crippen molar-refractivity contribution < 1.29 is 0 Å². The molecule has 3 rings (SSSR count). The van der Waals surface area contributed by atoms with E-state index in [1.807, 2.05) is 7.05 Å². The molecule has 1 aliphatic heterocycles. The molecule has 4 nitrogen and oxygen atoms in total. The van der Waals surface area contributed by atoms with Gasteiger partial charge >= 0.3 is 0 Å². The summed E-state index contributed by atoms with van der Waals surface area (Å²) in [5.74, 6) is 2.07. The van der Waals surface area contributed by atoms with Crippen LogP contribution in [0.25, 0.3) is 0 Å². The van der Waals surface area contributed by atoms with Gasteiger partial charge in [-0.2, -0.15) is 0 Å². The smallest absolute Gasteiger partial charge is 0.193 e. The second-order valence-corrected chi connectivity index (χ2v) is 7.46. The van der Waals surface area contributed by atoms with Crippen molar-refractivity contribution >= 4 is 41.3 Å². The van der Waals surface area contributed by atoms with Gasteiger partial charge in [0.2, 0.25) is 0 Å². The number of rotatable bonds is 4. The van der Waals surface area contributed by atoms with E-state index in [1.54, 1.807) is 11.3 Å². The van der Waals surface area contributed by atoms with Gasteiger partial charge in [0.1, 0.15) is 0 Å². The number of aromatic nitrogens is 1. The molecule has 1 unspecified atom stereocenters. The maximum atomic E-state index is 4.69. The summed E-state index contributed by atoms with van der Waals surface area (Å²) in [6, 6.07) is 10.8. The van der Waals surface area contributed by atoms with E-state index in [0.29, 0.717) is 11.8 Å². The Morgan fingerprint density at radius 1 is 1.36 bits per heavy atom. The molecule has 0 spiro atoms. The summed E-state index contributed by atoms with van der Waals surface area (Å²) < 4.78 is 0. The molecule has 2 heterocycles. The third-order valence-corrected chi connectivity index (χ3v) is 5.66. The highest BCUT2D eigenvalue weighted by atomic mass is 127. The number of benzene rings is 1. The zero-order chi connectivity index (χ0) is 16.9. The Morgan fingerprint density at radius 2 is 2.12 bits per heavy atom. The monoisotopic (exact) mass is 470 g/mol. The first-order valence-electron chi connectivity index (χ1n) is 8.62. The average molecular weight is 470 g/mol. The van der Waals surface area contributed by atoms with Gasteiger partial charge in [0.15, 0.2) is 5.96 Å². The molecule has 2 aromatic rings. The number of likely N-dealkylation sites (tertiary alicyclic amines) is 1. The lowest BCUT2D eigenvalue weighted by atomic mass is 9.99. The Morgan fingerprint density at radius 3 is 2.76 bits per heavy atom. The molecule has 0 aliphatic carbocycles. The quantitative estimate of drug-likeness (QED) is 0.408. The van der Waals surface area contributed by atoms with Crippen LogP contribution in [-0.4, -0.2) is 36.0 Å². The van der Waals surface area contributed by atoms with Crippen LogP contribution in [-0.2, 0) is 6.54 Å². The first-order valence-corrected chi connectivity index (χ1v) is 9.50. The summed E-state index contributed by atoms with van der Waals surface area (Å²) in [5.41, 5.74) is 2.53. The van der Waals surface area contributed by atoms with Crippen molar-refractivity contribution in [3.05, 3.63) is 52.0 Å². The Kier molecular flexibility index (Phi) is 7.68. The zero-order valence-corrected chi connectivity index (χ0v) is 18.3. The van der Waals surface area contributed by atoms with Crippen molar-refractivity contribution in [2.45, 2.75) is 38.6 Å².